The van der Waals surface area contributed by atoms with E-state index >= 15 is 0 Å². The molecule has 1 aliphatic heterocycles. The fourth-order valence-corrected chi connectivity index (χ4v) is 5.49. The third kappa shape index (κ3) is 7.72. The molecule has 0 radical (unpaired) electrons. The number of nitrogens with zero attached hydrogens (tertiary/aromatic N) is 2. The van der Waals surface area contributed by atoms with E-state index in [0.717, 1.165) is 29.0 Å². The second-order valence-corrected chi connectivity index (χ2v) is 9.77. The Morgan fingerprint density at radius 1 is 1.10 bits per heavy atom. The van der Waals surface area contributed by atoms with E-state index in [4.69, 9.17) is 4.74 Å². The lowest BCUT2D eigenvalue weighted by molar-refractivity contribution is -0.0658. The lowest BCUT2D eigenvalue weighted by Crippen LogP contribution is -2.65. The second kappa shape index (κ2) is 15.9. The Morgan fingerprint density at radius 3 is 2.38 bits per heavy atom. The van der Waals surface area contributed by atoms with Crippen molar-refractivity contribution in [2.24, 2.45) is 0 Å². The topological polar surface area (TPSA) is 77.9 Å². The number of aliphatic hydroxyl groups is 2. The van der Waals surface area contributed by atoms with Gasteiger partial charge in [0.15, 0.2) is 11.6 Å². The molecule has 3 N–H and O–H groups in total. The third-order valence-electron chi connectivity index (χ3n) is 6.41. The van der Waals surface area contributed by atoms with Gasteiger partial charge in [0.2, 0.25) is 0 Å². The average Bonchev–Trinajstić information content (AvgIpc) is 3.43. The van der Waals surface area contributed by atoms with Crippen molar-refractivity contribution in [2.45, 2.75) is 71.8 Å². The fourth-order valence-electron chi connectivity index (χ4n) is 4.53. The highest BCUT2D eigenvalue weighted by molar-refractivity contribution is 7.15. The van der Waals surface area contributed by atoms with Gasteiger partial charge >= 0.3 is 0 Å². The Bertz CT molecular complexity index is 1180. The van der Waals surface area contributed by atoms with Crippen LogP contribution in [0, 0.1) is 11.6 Å². The number of hydrogen-bond donors (Lipinski definition) is 3. The number of piperidine rings is 1. The fraction of sp³-hybridized carbons (Fsp3) is 0.483. The van der Waals surface area contributed by atoms with Crippen LogP contribution in [0.4, 0.5) is 23.4 Å². The van der Waals surface area contributed by atoms with Crippen molar-refractivity contribution < 1.29 is 32.5 Å². The van der Waals surface area contributed by atoms with Crippen molar-refractivity contribution in [1.82, 2.24) is 10.3 Å². The van der Waals surface area contributed by atoms with E-state index in [1.54, 1.807) is 4.90 Å². The molecule has 2 atom stereocenters. The molecule has 3 aromatic rings. The number of ether oxygens (including phenoxy) is 1. The highest BCUT2D eigenvalue weighted by Crippen LogP contribution is 2.39. The van der Waals surface area contributed by atoms with Gasteiger partial charge < -0.3 is 25.2 Å². The van der Waals surface area contributed by atoms with Crippen molar-refractivity contribution in [3.63, 3.8) is 0 Å². The first-order valence-electron chi connectivity index (χ1n) is 13.4. The summed E-state index contributed by atoms with van der Waals surface area (Å²) in [4.78, 5) is 6.55. The zero-order chi connectivity index (χ0) is 29.9. The van der Waals surface area contributed by atoms with Gasteiger partial charge in [0.25, 0.3) is 6.43 Å². The Hall–Kier alpha value is -2.73. The Kier molecular flexibility index (Phi) is 13.3. The van der Waals surface area contributed by atoms with Crippen molar-refractivity contribution >= 4 is 17.2 Å². The summed E-state index contributed by atoms with van der Waals surface area (Å²) in [6.45, 7) is 8.26. The molecule has 1 aliphatic rings. The van der Waals surface area contributed by atoms with E-state index in [0.29, 0.717) is 30.1 Å². The molecule has 11 heteroatoms. The number of anilines is 1. The maximum atomic E-state index is 14.7. The molecule has 222 valence electrons. The number of alkyl halides is 2. The number of aromatic nitrogens is 1. The van der Waals surface area contributed by atoms with Crippen LogP contribution >= 0.6 is 11.3 Å². The Balaban J connectivity index is 0.00000134. The van der Waals surface area contributed by atoms with E-state index in [-0.39, 0.29) is 29.4 Å². The molecular weight excluding hydrogens is 546 g/mol. The van der Waals surface area contributed by atoms with E-state index in [1.165, 1.54) is 7.11 Å². The van der Waals surface area contributed by atoms with Crippen LogP contribution in [0.1, 0.15) is 51.0 Å². The number of methoxy groups -OCH3 is 1. The molecule has 1 fully saturated rings. The van der Waals surface area contributed by atoms with Gasteiger partial charge in [-0.05, 0) is 24.5 Å². The highest BCUT2D eigenvalue weighted by Gasteiger charge is 2.46. The molecule has 2 heterocycles. The molecular formula is C29H39F4N3O3S. The van der Waals surface area contributed by atoms with Crippen molar-refractivity contribution in [3.05, 3.63) is 64.5 Å². The van der Waals surface area contributed by atoms with Gasteiger partial charge in [0.1, 0.15) is 22.7 Å². The zero-order valence-electron chi connectivity index (χ0n) is 23.6. The molecule has 0 amide bonds. The predicted molar refractivity (Wildman–Crippen MR) is 152 cm³/mol. The summed E-state index contributed by atoms with van der Waals surface area (Å²) in [5.74, 6) is -1.47. The van der Waals surface area contributed by atoms with Crippen LogP contribution in [-0.4, -0.2) is 53.5 Å². The SMILES string of the molecule is CC.CC.COc1cc(F)c(-c2nc(N3CCCC(NCc4ccccc4)(C(O)C(F)F)C3)c(CO)s2)cc1F. The Morgan fingerprint density at radius 2 is 1.77 bits per heavy atom. The molecule has 0 saturated carbocycles. The van der Waals surface area contributed by atoms with Crippen LogP contribution in [0.2, 0.25) is 0 Å². The van der Waals surface area contributed by atoms with Gasteiger partial charge in [0.05, 0.1) is 24.1 Å². The van der Waals surface area contributed by atoms with Gasteiger partial charge in [-0.1, -0.05) is 58.0 Å². The molecule has 4 rings (SSSR count). The minimum Gasteiger partial charge on any atom is -0.494 e. The van der Waals surface area contributed by atoms with E-state index in [9.17, 15) is 27.8 Å². The molecule has 2 aromatic carbocycles. The molecule has 0 spiro atoms. The second-order valence-electron chi connectivity index (χ2n) is 8.69. The van der Waals surface area contributed by atoms with Crippen LogP contribution in [-0.2, 0) is 13.2 Å². The maximum Gasteiger partial charge on any atom is 0.265 e. The number of aliphatic hydroxyl groups excluding tert-OH is 2. The predicted octanol–water partition coefficient (Wildman–Crippen LogP) is 6.40. The van der Waals surface area contributed by atoms with Crippen LogP contribution in [0.5, 0.6) is 5.75 Å². The van der Waals surface area contributed by atoms with Crippen LogP contribution in [0.15, 0.2) is 42.5 Å². The normalized spacial score (nSPS) is 17.4. The highest BCUT2D eigenvalue weighted by atomic mass is 32.1. The number of benzene rings is 2. The first kappa shape index (κ1) is 33.5. The molecule has 40 heavy (non-hydrogen) atoms. The van der Waals surface area contributed by atoms with Crippen LogP contribution in [0.3, 0.4) is 0 Å². The van der Waals surface area contributed by atoms with Gasteiger partial charge in [-0.25, -0.2) is 22.5 Å². The number of nitrogens with one attached hydrogen (secondary N) is 1. The van der Waals surface area contributed by atoms with Crippen LogP contribution < -0.4 is 15.0 Å². The summed E-state index contributed by atoms with van der Waals surface area (Å²) in [5, 5.41) is 23.8. The van der Waals surface area contributed by atoms with Gasteiger partial charge in [-0.15, -0.1) is 11.3 Å². The van der Waals surface area contributed by atoms with Crippen molar-refractivity contribution in [1.29, 1.82) is 0 Å². The van der Waals surface area contributed by atoms with Crippen molar-refractivity contribution in [3.8, 4) is 16.3 Å². The largest absolute Gasteiger partial charge is 0.494 e. The molecule has 1 aromatic heterocycles. The van der Waals surface area contributed by atoms with Crippen LogP contribution in [0.25, 0.3) is 10.6 Å². The summed E-state index contributed by atoms with van der Waals surface area (Å²) in [6, 6.07) is 11.1. The third-order valence-corrected chi connectivity index (χ3v) is 7.47. The number of halogens is 4. The van der Waals surface area contributed by atoms with E-state index in [2.05, 4.69) is 10.3 Å². The lowest BCUT2D eigenvalue weighted by atomic mass is 9.83. The molecule has 0 aliphatic carbocycles. The molecule has 6 nitrogen and oxygen atoms in total. The van der Waals surface area contributed by atoms with E-state index in [1.807, 2.05) is 58.0 Å². The van der Waals surface area contributed by atoms with Gasteiger partial charge in [-0.3, -0.25) is 0 Å². The smallest absolute Gasteiger partial charge is 0.265 e. The molecule has 0 bridgehead atoms. The maximum absolute atomic E-state index is 14.7. The van der Waals surface area contributed by atoms with E-state index < -0.39 is 36.3 Å². The standard InChI is InChI=1S/C25H27F4N3O3S.2C2H6/c1-35-19-11-17(26)16(10-18(19)27)24-31-23(20(13-33)36-24)32-9-5-8-25(14-32,21(34)22(28)29)30-12-15-6-3-2-4-7-15;2*1-2/h2-4,6-7,10-11,21-22,30,33-34H,5,8-9,12-14H2,1H3;2*1-2H3. The summed E-state index contributed by atoms with van der Waals surface area (Å²) in [6.07, 6.45) is -4.17. The van der Waals surface area contributed by atoms with Gasteiger partial charge in [0, 0.05) is 31.3 Å². The summed E-state index contributed by atoms with van der Waals surface area (Å²) in [5.41, 5.74) is -0.576. The lowest BCUT2D eigenvalue weighted by Gasteiger charge is -2.46. The zero-order valence-corrected chi connectivity index (χ0v) is 24.4. The monoisotopic (exact) mass is 585 g/mol. The number of hydrogen-bond acceptors (Lipinski definition) is 7. The van der Waals surface area contributed by atoms with Crippen molar-refractivity contribution in [2.75, 3.05) is 25.1 Å². The summed E-state index contributed by atoms with van der Waals surface area (Å²) < 4.78 is 61.3. The van der Waals surface area contributed by atoms with Gasteiger partial charge in [-0.2, -0.15) is 0 Å². The summed E-state index contributed by atoms with van der Waals surface area (Å²) >= 11 is 0.986. The minimum atomic E-state index is -2.98. The first-order valence-corrected chi connectivity index (χ1v) is 14.2. The average molecular weight is 586 g/mol. The minimum absolute atomic E-state index is 0.0129. The molecule has 1 saturated heterocycles. The Labute approximate surface area is 237 Å². The number of rotatable bonds is 9. The quantitative estimate of drug-likeness (QED) is 0.253. The number of thiazole rings is 1. The molecule has 2 unspecified atom stereocenters. The first-order chi connectivity index (χ1) is 19.3. The summed E-state index contributed by atoms with van der Waals surface area (Å²) in [7, 11) is 1.23.